The number of aromatic nitrogens is 3. The maximum absolute atomic E-state index is 13.7. The number of hydrogen-bond acceptors (Lipinski definition) is 3. The molecular weight excluding hydrogens is 276 g/mol. The number of alkyl halides is 3. The van der Waals surface area contributed by atoms with E-state index in [1.165, 1.54) is 6.20 Å². The van der Waals surface area contributed by atoms with Crippen molar-refractivity contribution < 1.29 is 17.6 Å². The van der Waals surface area contributed by atoms with Crippen LogP contribution in [0.25, 0.3) is 5.69 Å². The molecule has 2 N–H and O–H groups in total. The summed E-state index contributed by atoms with van der Waals surface area (Å²) >= 11 is 0. The van der Waals surface area contributed by atoms with E-state index in [9.17, 15) is 17.6 Å². The summed E-state index contributed by atoms with van der Waals surface area (Å²) in [4.78, 5) is 0. The number of benzene rings is 1. The lowest BCUT2D eigenvalue weighted by Gasteiger charge is -2.13. The van der Waals surface area contributed by atoms with Crippen molar-refractivity contribution in [3.8, 4) is 5.69 Å². The minimum absolute atomic E-state index is 0.331. The van der Waals surface area contributed by atoms with Crippen LogP contribution in [0.4, 0.5) is 17.6 Å². The molecule has 0 spiro atoms. The van der Waals surface area contributed by atoms with E-state index in [4.69, 9.17) is 5.73 Å². The molecule has 0 radical (unpaired) electrons. The Kier molecular flexibility index (Phi) is 3.29. The molecule has 1 aromatic carbocycles. The van der Waals surface area contributed by atoms with Crippen molar-refractivity contribution in [2.75, 3.05) is 0 Å². The second kappa shape index (κ2) is 4.55. The quantitative estimate of drug-likeness (QED) is 0.864. The Morgan fingerprint density at radius 1 is 1.20 bits per heavy atom. The van der Waals surface area contributed by atoms with Gasteiger partial charge < -0.3 is 5.73 Å². The molecular formula is C12H12F4N4. The lowest BCUT2D eigenvalue weighted by Crippen LogP contribution is -2.29. The molecule has 20 heavy (non-hydrogen) atoms. The molecule has 0 fully saturated rings. The monoisotopic (exact) mass is 288 g/mol. The SMILES string of the molecule is CC(C)(N)c1cn(-c2cc(C(F)(F)F)ccc2F)nn1. The van der Waals surface area contributed by atoms with Crippen LogP contribution in [0, 0.1) is 5.82 Å². The molecule has 0 atom stereocenters. The number of nitrogens with two attached hydrogens (primary N) is 1. The smallest absolute Gasteiger partial charge is 0.320 e. The molecule has 4 nitrogen and oxygen atoms in total. The molecule has 0 saturated carbocycles. The van der Waals surface area contributed by atoms with E-state index in [0.717, 1.165) is 10.7 Å². The van der Waals surface area contributed by atoms with Gasteiger partial charge in [0.05, 0.1) is 17.3 Å². The number of halogens is 4. The second-order valence-corrected chi connectivity index (χ2v) is 4.93. The summed E-state index contributed by atoms with van der Waals surface area (Å²) < 4.78 is 52.5. The third kappa shape index (κ3) is 2.79. The van der Waals surface area contributed by atoms with Crippen LogP contribution in [0.15, 0.2) is 24.4 Å². The first-order valence-electron chi connectivity index (χ1n) is 5.68. The van der Waals surface area contributed by atoms with Gasteiger partial charge in [-0.05, 0) is 32.0 Å². The van der Waals surface area contributed by atoms with Gasteiger partial charge in [0.2, 0.25) is 0 Å². The zero-order chi connectivity index (χ0) is 15.1. The molecule has 0 aliphatic rings. The predicted molar refractivity (Wildman–Crippen MR) is 63.5 cm³/mol. The van der Waals surface area contributed by atoms with Gasteiger partial charge in [0.25, 0.3) is 0 Å². The van der Waals surface area contributed by atoms with E-state index < -0.39 is 23.1 Å². The van der Waals surface area contributed by atoms with Gasteiger partial charge in [-0.1, -0.05) is 5.21 Å². The van der Waals surface area contributed by atoms with Crippen molar-refractivity contribution >= 4 is 0 Å². The third-order valence-corrected chi connectivity index (χ3v) is 2.67. The summed E-state index contributed by atoms with van der Waals surface area (Å²) in [5.41, 5.74) is 4.02. The lowest BCUT2D eigenvalue weighted by atomic mass is 10.0. The summed E-state index contributed by atoms with van der Waals surface area (Å²) in [5.74, 6) is -0.829. The van der Waals surface area contributed by atoms with Crippen LogP contribution >= 0.6 is 0 Å². The predicted octanol–water partition coefficient (Wildman–Crippen LogP) is 2.62. The standard InChI is InChI=1S/C12H12F4N4/c1-11(2,17)10-6-20(19-18-10)9-5-7(12(14,15)16)3-4-8(9)13/h3-6H,17H2,1-2H3. The minimum Gasteiger partial charge on any atom is -0.320 e. The molecule has 0 aliphatic heterocycles. The molecule has 0 bridgehead atoms. The Balaban J connectivity index is 2.50. The Labute approximate surface area is 112 Å². The molecule has 2 rings (SSSR count). The minimum atomic E-state index is -4.56. The fraction of sp³-hybridized carbons (Fsp3) is 0.333. The van der Waals surface area contributed by atoms with Gasteiger partial charge in [-0.25, -0.2) is 9.07 Å². The van der Waals surface area contributed by atoms with Crippen LogP contribution in [-0.4, -0.2) is 15.0 Å². The Bertz CT molecular complexity index is 625. The molecule has 2 aromatic rings. The molecule has 0 saturated heterocycles. The summed E-state index contributed by atoms with van der Waals surface area (Å²) in [6, 6.07) is 2.09. The van der Waals surface area contributed by atoms with E-state index in [2.05, 4.69) is 10.3 Å². The van der Waals surface area contributed by atoms with Crippen molar-refractivity contribution in [2.45, 2.75) is 25.6 Å². The van der Waals surface area contributed by atoms with E-state index in [1.807, 2.05) is 0 Å². The maximum atomic E-state index is 13.7. The lowest BCUT2D eigenvalue weighted by molar-refractivity contribution is -0.137. The summed E-state index contributed by atoms with van der Waals surface area (Å²) in [5, 5.41) is 7.35. The second-order valence-electron chi connectivity index (χ2n) is 4.93. The van der Waals surface area contributed by atoms with Crippen LogP contribution < -0.4 is 5.73 Å². The fourth-order valence-electron chi connectivity index (χ4n) is 1.54. The maximum Gasteiger partial charge on any atom is 0.416 e. The van der Waals surface area contributed by atoms with Gasteiger partial charge in [0.15, 0.2) is 0 Å². The number of hydrogen-bond donors (Lipinski definition) is 1. The average Bonchev–Trinajstić information content (AvgIpc) is 2.76. The van der Waals surface area contributed by atoms with Gasteiger partial charge in [-0.3, -0.25) is 0 Å². The first kappa shape index (κ1) is 14.4. The molecule has 108 valence electrons. The topological polar surface area (TPSA) is 56.7 Å². The van der Waals surface area contributed by atoms with Crippen molar-refractivity contribution in [1.29, 1.82) is 0 Å². The number of rotatable bonds is 2. The zero-order valence-electron chi connectivity index (χ0n) is 10.7. The zero-order valence-corrected chi connectivity index (χ0v) is 10.7. The highest BCUT2D eigenvalue weighted by Gasteiger charge is 2.31. The normalized spacial score (nSPS) is 12.8. The van der Waals surface area contributed by atoms with Crippen molar-refractivity contribution in [1.82, 2.24) is 15.0 Å². The summed E-state index contributed by atoms with van der Waals surface area (Å²) in [6.45, 7) is 3.31. The van der Waals surface area contributed by atoms with E-state index in [-0.39, 0.29) is 5.69 Å². The van der Waals surface area contributed by atoms with Crippen LogP contribution in [0.2, 0.25) is 0 Å². The van der Waals surface area contributed by atoms with Crippen molar-refractivity contribution in [3.05, 3.63) is 41.5 Å². The van der Waals surface area contributed by atoms with Crippen LogP contribution in [0.5, 0.6) is 0 Å². The highest BCUT2D eigenvalue weighted by atomic mass is 19.4. The molecule has 0 unspecified atom stereocenters. The van der Waals surface area contributed by atoms with Gasteiger partial charge in [0.1, 0.15) is 17.2 Å². The first-order chi connectivity index (χ1) is 9.09. The molecule has 8 heteroatoms. The van der Waals surface area contributed by atoms with Crippen LogP contribution in [-0.2, 0) is 11.7 Å². The highest BCUT2D eigenvalue weighted by molar-refractivity contribution is 5.38. The van der Waals surface area contributed by atoms with Crippen molar-refractivity contribution in [2.24, 2.45) is 5.73 Å². The average molecular weight is 288 g/mol. The van der Waals surface area contributed by atoms with E-state index in [0.29, 0.717) is 17.8 Å². The van der Waals surface area contributed by atoms with E-state index in [1.54, 1.807) is 13.8 Å². The van der Waals surface area contributed by atoms with Gasteiger partial charge in [0, 0.05) is 0 Å². The number of nitrogens with zero attached hydrogens (tertiary/aromatic N) is 3. The summed E-state index contributed by atoms with van der Waals surface area (Å²) in [6.07, 6.45) is -3.25. The molecule has 1 aromatic heterocycles. The molecule has 0 aliphatic carbocycles. The Hall–Kier alpha value is -1.96. The van der Waals surface area contributed by atoms with Gasteiger partial charge in [-0.2, -0.15) is 13.2 Å². The molecule has 1 heterocycles. The first-order valence-corrected chi connectivity index (χ1v) is 5.68. The fourth-order valence-corrected chi connectivity index (χ4v) is 1.54. The Morgan fingerprint density at radius 3 is 2.35 bits per heavy atom. The van der Waals surface area contributed by atoms with Crippen LogP contribution in [0.3, 0.4) is 0 Å². The largest absolute Gasteiger partial charge is 0.416 e. The van der Waals surface area contributed by atoms with Crippen LogP contribution in [0.1, 0.15) is 25.1 Å². The van der Waals surface area contributed by atoms with E-state index >= 15 is 0 Å². The van der Waals surface area contributed by atoms with Crippen molar-refractivity contribution in [3.63, 3.8) is 0 Å². The third-order valence-electron chi connectivity index (χ3n) is 2.67. The van der Waals surface area contributed by atoms with Gasteiger partial charge in [-0.15, -0.1) is 5.10 Å². The Morgan fingerprint density at radius 2 is 1.85 bits per heavy atom. The molecule has 0 amide bonds. The summed E-state index contributed by atoms with van der Waals surface area (Å²) in [7, 11) is 0. The highest BCUT2D eigenvalue weighted by Crippen LogP contribution is 2.31. The van der Waals surface area contributed by atoms with Gasteiger partial charge >= 0.3 is 6.18 Å².